The Morgan fingerprint density at radius 2 is 1.86 bits per heavy atom. The van der Waals surface area contributed by atoms with E-state index in [0.717, 1.165) is 23.0 Å². The minimum Gasteiger partial charge on any atom is -0.370 e. The summed E-state index contributed by atoms with van der Waals surface area (Å²) in [6.45, 7) is 1.76. The lowest BCUT2D eigenvalue weighted by atomic mass is 9.91. The predicted molar refractivity (Wildman–Crippen MR) is 91.0 cm³/mol. The summed E-state index contributed by atoms with van der Waals surface area (Å²) in [5.74, 6) is 0.211. The van der Waals surface area contributed by atoms with Crippen LogP contribution < -0.4 is 11.1 Å². The number of aliphatic imine (C=N–C) groups is 1. The zero-order valence-electron chi connectivity index (χ0n) is 12.5. The van der Waals surface area contributed by atoms with Gasteiger partial charge in [-0.25, -0.2) is 0 Å². The van der Waals surface area contributed by atoms with Gasteiger partial charge in [-0.1, -0.05) is 41.9 Å². The van der Waals surface area contributed by atoms with Crippen molar-refractivity contribution in [3.8, 4) is 11.1 Å². The molecule has 5 heteroatoms. The lowest BCUT2D eigenvalue weighted by molar-refractivity contribution is -0.112. The smallest absolute Gasteiger partial charge is 0.189 e. The van der Waals surface area contributed by atoms with Crippen molar-refractivity contribution in [1.82, 2.24) is 5.32 Å². The second-order valence-corrected chi connectivity index (χ2v) is 5.58. The van der Waals surface area contributed by atoms with Gasteiger partial charge in [0.05, 0.1) is 0 Å². The van der Waals surface area contributed by atoms with Crippen molar-refractivity contribution < 1.29 is 4.79 Å². The van der Waals surface area contributed by atoms with Crippen molar-refractivity contribution in [2.45, 2.75) is 12.5 Å². The molecule has 0 amide bonds. The number of halogens is 1. The van der Waals surface area contributed by atoms with Crippen molar-refractivity contribution in [3.63, 3.8) is 0 Å². The highest BCUT2D eigenvalue weighted by atomic mass is 35.5. The van der Waals surface area contributed by atoms with Crippen LogP contribution in [0.3, 0.4) is 0 Å². The molecule has 0 saturated heterocycles. The Morgan fingerprint density at radius 1 is 1.23 bits per heavy atom. The summed E-state index contributed by atoms with van der Waals surface area (Å²) in [5, 5.41) is 3.60. The largest absolute Gasteiger partial charge is 0.370 e. The number of hydrogen-bond donors (Lipinski definition) is 2. The molecule has 22 heavy (non-hydrogen) atoms. The van der Waals surface area contributed by atoms with Crippen LogP contribution in [0.25, 0.3) is 11.1 Å². The van der Waals surface area contributed by atoms with E-state index in [1.54, 1.807) is 14.0 Å². The molecule has 2 aromatic carbocycles. The Bertz CT molecular complexity index is 715. The number of nitrogens with zero attached hydrogens (tertiary/aromatic N) is 1. The molecule has 0 aromatic heterocycles. The first-order chi connectivity index (χ1) is 10.5. The molecule has 0 aliphatic rings. The zero-order valence-corrected chi connectivity index (χ0v) is 13.3. The van der Waals surface area contributed by atoms with Crippen molar-refractivity contribution in [2.24, 2.45) is 10.7 Å². The molecular weight excluding hydrogens is 298 g/mol. The average molecular weight is 316 g/mol. The Hall–Kier alpha value is -2.33. The summed E-state index contributed by atoms with van der Waals surface area (Å²) >= 11 is 6.04. The summed E-state index contributed by atoms with van der Waals surface area (Å²) in [7, 11) is 1.57. The standard InChI is InChI=1S/C17H18ClN3O/c1-17(11-22,21-16(19)20-2)14-7-3-5-12(9-14)13-6-4-8-15(18)10-13/h3-11H,1-2H3,(H3,19,20,21). The second-order valence-electron chi connectivity index (χ2n) is 5.15. The number of guanidine groups is 1. The molecule has 1 unspecified atom stereocenters. The van der Waals surface area contributed by atoms with Gasteiger partial charge in [0.1, 0.15) is 11.8 Å². The van der Waals surface area contributed by atoms with E-state index in [0.29, 0.717) is 5.02 Å². The molecule has 114 valence electrons. The maximum absolute atomic E-state index is 11.6. The van der Waals surface area contributed by atoms with Crippen LogP contribution in [-0.2, 0) is 10.3 Å². The van der Waals surface area contributed by atoms with Crippen molar-refractivity contribution in [2.75, 3.05) is 7.05 Å². The third-order valence-corrected chi connectivity index (χ3v) is 3.72. The molecule has 0 spiro atoms. The molecule has 0 aliphatic carbocycles. The Labute approximate surface area is 135 Å². The number of nitrogens with two attached hydrogens (primary N) is 1. The lowest BCUT2D eigenvalue weighted by Crippen LogP contribution is -2.48. The summed E-state index contributed by atoms with van der Waals surface area (Å²) in [6, 6.07) is 15.3. The molecular formula is C17H18ClN3O. The van der Waals surface area contributed by atoms with Crippen LogP contribution in [0, 0.1) is 0 Å². The van der Waals surface area contributed by atoms with Crippen LogP contribution in [0.5, 0.6) is 0 Å². The number of carbonyl (C=O) groups excluding carboxylic acids is 1. The topological polar surface area (TPSA) is 67.5 Å². The fraction of sp³-hybridized carbons (Fsp3) is 0.176. The highest BCUT2D eigenvalue weighted by Gasteiger charge is 2.26. The number of benzene rings is 2. The first-order valence-electron chi connectivity index (χ1n) is 6.82. The number of rotatable bonds is 4. The van der Waals surface area contributed by atoms with Gasteiger partial charge < -0.3 is 15.8 Å². The normalized spacial score (nSPS) is 14.2. The SMILES string of the molecule is CN=C(N)NC(C)(C=O)c1cccc(-c2cccc(Cl)c2)c1. The van der Waals surface area contributed by atoms with Crippen LogP contribution >= 0.6 is 11.6 Å². The Balaban J connectivity index is 2.44. The van der Waals surface area contributed by atoms with E-state index < -0.39 is 5.54 Å². The Kier molecular flexibility index (Phi) is 4.83. The van der Waals surface area contributed by atoms with E-state index in [2.05, 4.69) is 10.3 Å². The van der Waals surface area contributed by atoms with Gasteiger partial charge in [0.2, 0.25) is 0 Å². The van der Waals surface area contributed by atoms with E-state index in [1.807, 2.05) is 48.5 Å². The molecule has 0 bridgehead atoms. The van der Waals surface area contributed by atoms with E-state index in [-0.39, 0.29) is 5.96 Å². The van der Waals surface area contributed by atoms with Gasteiger partial charge in [-0.15, -0.1) is 0 Å². The maximum atomic E-state index is 11.6. The predicted octanol–water partition coefficient (Wildman–Crippen LogP) is 2.96. The molecule has 0 heterocycles. The third-order valence-electron chi connectivity index (χ3n) is 3.48. The highest BCUT2D eigenvalue weighted by molar-refractivity contribution is 6.30. The zero-order chi connectivity index (χ0) is 16.2. The van der Waals surface area contributed by atoms with Gasteiger partial charge >= 0.3 is 0 Å². The quantitative estimate of drug-likeness (QED) is 0.518. The summed E-state index contributed by atoms with van der Waals surface area (Å²) in [4.78, 5) is 15.4. The van der Waals surface area contributed by atoms with Crippen LogP contribution in [0.15, 0.2) is 53.5 Å². The summed E-state index contributed by atoms with van der Waals surface area (Å²) < 4.78 is 0. The minimum atomic E-state index is -0.946. The average Bonchev–Trinajstić information content (AvgIpc) is 2.54. The molecule has 4 nitrogen and oxygen atoms in total. The van der Waals surface area contributed by atoms with E-state index in [9.17, 15) is 4.79 Å². The molecule has 1 atom stereocenters. The number of carbonyl (C=O) groups is 1. The lowest BCUT2D eigenvalue weighted by Gasteiger charge is -2.26. The molecule has 0 fully saturated rings. The van der Waals surface area contributed by atoms with E-state index in [1.165, 1.54) is 0 Å². The second kappa shape index (κ2) is 6.62. The monoisotopic (exact) mass is 315 g/mol. The van der Waals surface area contributed by atoms with E-state index >= 15 is 0 Å². The van der Waals surface area contributed by atoms with Crippen LogP contribution in [-0.4, -0.2) is 19.3 Å². The van der Waals surface area contributed by atoms with Gasteiger partial charge in [0, 0.05) is 12.1 Å². The minimum absolute atomic E-state index is 0.211. The van der Waals surface area contributed by atoms with Gasteiger partial charge in [0.25, 0.3) is 0 Å². The summed E-state index contributed by atoms with van der Waals surface area (Å²) in [6.07, 6.45) is 0.822. The fourth-order valence-electron chi connectivity index (χ4n) is 2.18. The van der Waals surface area contributed by atoms with Gasteiger partial charge in [-0.2, -0.15) is 0 Å². The van der Waals surface area contributed by atoms with Crippen LogP contribution in [0.1, 0.15) is 12.5 Å². The third kappa shape index (κ3) is 3.46. The van der Waals surface area contributed by atoms with Gasteiger partial charge in [-0.05, 0) is 41.8 Å². The van der Waals surface area contributed by atoms with Crippen LogP contribution in [0.2, 0.25) is 5.02 Å². The maximum Gasteiger partial charge on any atom is 0.189 e. The van der Waals surface area contributed by atoms with Crippen molar-refractivity contribution in [3.05, 3.63) is 59.1 Å². The highest BCUT2D eigenvalue weighted by Crippen LogP contribution is 2.27. The van der Waals surface area contributed by atoms with Crippen molar-refractivity contribution in [1.29, 1.82) is 0 Å². The number of aldehydes is 1. The first kappa shape index (κ1) is 16.0. The van der Waals surface area contributed by atoms with Gasteiger partial charge in [-0.3, -0.25) is 4.99 Å². The van der Waals surface area contributed by atoms with E-state index in [4.69, 9.17) is 17.3 Å². The first-order valence-corrected chi connectivity index (χ1v) is 7.19. The molecule has 0 radical (unpaired) electrons. The van der Waals surface area contributed by atoms with Gasteiger partial charge in [0.15, 0.2) is 5.96 Å². The number of hydrogen-bond acceptors (Lipinski definition) is 2. The molecule has 0 saturated carbocycles. The molecule has 2 rings (SSSR count). The summed E-state index contributed by atoms with van der Waals surface area (Å²) in [5.41, 5.74) is 7.51. The molecule has 0 aliphatic heterocycles. The van der Waals surface area contributed by atoms with Crippen LogP contribution in [0.4, 0.5) is 0 Å². The molecule has 2 aromatic rings. The number of nitrogens with one attached hydrogen (secondary N) is 1. The Morgan fingerprint density at radius 3 is 2.45 bits per heavy atom. The van der Waals surface area contributed by atoms with Crippen molar-refractivity contribution >= 4 is 23.8 Å². The molecule has 3 N–H and O–H groups in total. The fourth-order valence-corrected chi connectivity index (χ4v) is 2.37.